The van der Waals surface area contributed by atoms with Crippen LogP contribution in [0.4, 0.5) is 18.0 Å². The number of hydrogen-bond acceptors (Lipinski definition) is 5. The number of thioether (sulfide) groups is 1. The van der Waals surface area contributed by atoms with Crippen molar-refractivity contribution >= 4 is 29.0 Å². The van der Waals surface area contributed by atoms with E-state index in [-0.39, 0.29) is 16.2 Å². The molecule has 1 fully saturated rings. The van der Waals surface area contributed by atoms with Gasteiger partial charge in [-0.3, -0.25) is 14.9 Å². The number of halogens is 3. The van der Waals surface area contributed by atoms with Gasteiger partial charge in [-0.25, -0.2) is 0 Å². The van der Waals surface area contributed by atoms with Gasteiger partial charge in [0.2, 0.25) is 0 Å². The van der Waals surface area contributed by atoms with Gasteiger partial charge in [0, 0.05) is 0 Å². The van der Waals surface area contributed by atoms with Crippen LogP contribution in [0, 0.1) is 18.3 Å². The zero-order valence-electron chi connectivity index (χ0n) is 14.3. The zero-order valence-corrected chi connectivity index (χ0v) is 15.1. The molecule has 5 nitrogen and oxygen atoms in total. The van der Waals surface area contributed by atoms with Gasteiger partial charge in [-0.1, -0.05) is 6.07 Å². The van der Waals surface area contributed by atoms with E-state index in [1.807, 2.05) is 0 Å². The Morgan fingerprint density at radius 2 is 1.86 bits per heavy atom. The number of nitrogens with zero attached hydrogens (tertiary/aromatic N) is 1. The van der Waals surface area contributed by atoms with Gasteiger partial charge >= 0.3 is 6.18 Å². The number of ether oxygens (including phenoxy) is 1. The number of nitrogens with one attached hydrogen (secondary N) is 1. The Morgan fingerprint density at radius 3 is 2.43 bits per heavy atom. The molecular weight excluding hydrogens is 393 g/mol. The first kappa shape index (κ1) is 19.5. The van der Waals surface area contributed by atoms with E-state index in [2.05, 4.69) is 5.32 Å². The van der Waals surface area contributed by atoms with Crippen molar-refractivity contribution in [1.82, 2.24) is 5.32 Å². The van der Waals surface area contributed by atoms with Crippen molar-refractivity contribution in [3.05, 3.63) is 63.6 Å². The van der Waals surface area contributed by atoms with Crippen LogP contribution >= 0.6 is 11.8 Å². The largest absolute Gasteiger partial charge is 0.456 e. The Kier molecular flexibility index (Phi) is 5.16. The lowest BCUT2D eigenvalue weighted by Gasteiger charge is -2.15. The Hall–Kier alpha value is -3.25. The third-order valence-corrected chi connectivity index (χ3v) is 4.58. The maximum absolute atomic E-state index is 13.3. The SMILES string of the molecule is Cc1cc(/C=C2/SC(=O)NC2=O)ccc1Oc1ccc(C#N)cc1C(F)(F)F. The standard InChI is InChI=1S/C19H11F3N2O3S/c1-10-6-11(8-16-17(25)24-18(26)28-16)2-4-14(10)27-15-5-3-12(9-23)7-13(15)19(20,21)22/h2-8H,1H3,(H,24,25,26)/b16-8+. The molecule has 2 aromatic rings. The molecule has 0 atom stereocenters. The first-order chi connectivity index (χ1) is 13.2. The Balaban J connectivity index is 1.91. The molecule has 0 saturated carbocycles. The van der Waals surface area contributed by atoms with E-state index in [1.165, 1.54) is 18.2 Å². The normalized spacial score (nSPS) is 15.5. The average Bonchev–Trinajstić information content (AvgIpc) is 2.93. The smallest absolute Gasteiger partial charge is 0.420 e. The summed E-state index contributed by atoms with van der Waals surface area (Å²) in [6, 6.07) is 9.39. The lowest BCUT2D eigenvalue weighted by molar-refractivity contribution is -0.138. The van der Waals surface area contributed by atoms with Crippen LogP contribution in [0.1, 0.15) is 22.3 Å². The molecule has 28 heavy (non-hydrogen) atoms. The Morgan fingerprint density at radius 1 is 1.14 bits per heavy atom. The minimum Gasteiger partial charge on any atom is -0.456 e. The lowest BCUT2D eigenvalue weighted by atomic mass is 10.1. The molecule has 1 aliphatic heterocycles. The summed E-state index contributed by atoms with van der Waals surface area (Å²) in [6.45, 7) is 1.64. The highest BCUT2D eigenvalue weighted by Gasteiger charge is 2.35. The predicted octanol–water partition coefficient (Wildman–Crippen LogP) is 5.00. The summed E-state index contributed by atoms with van der Waals surface area (Å²) in [5.74, 6) is -0.727. The van der Waals surface area contributed by atoms with Gasteiger partial charge in [-0.15, -0.1) is 0 Å². The molecule has 0 aliphatic carbocycles. The van der Waals surface area contributed by atoms with Crippen LogP contribution in [0.25, 0.3) is 6.08 Å². The maximum Gasteiger partial charge on any atom is 0.420 e. The molecule has 0 bridgehead atoms. The highest BCUT2D eigenvalue weighted by atomic mass is 32.2. The molecule has 2 aromatic carbocycles. The monoisotopic (exact) mass is 404 g/mol. The number of carbonyl (C=O) groups is 2. The van der Waals surface area contributed by atoms with E-state index in [0.717, 1.165) is 23.9 Å². The van der Waals surface area contributed by atoms with Gasteiger partial charge in [-0.05, 0) is 66.2 Å². The van der Waals surface area contributed by atoms with Gasteiger partial charge in [0.15, 0.2) is 0 Å². The molecule has 0 aromatic heterocycles. The summed E-state index contributed by atoms with van der Waals surface area (Å²) in [5.41, 5.74) is -0.0513. The first-order valence-corrected chi connectivity index (χ1v) is 8.64. The van der Waals surface area contributed by atoms with Gasteiger partial charge in [0.05, 0.1) is 22.1 Å². The lowest BCUT2D eigenvalue weighted by Crippen LogP contribution is -2.17. The van der Waals surface area contributed by atoms with Crippen LogP contribution in [0.2, 0.25) is 0 Å². The molecule has 3 rings (SSSR count). The third kappa shape index (κ3) is 4.18. The van der Waals surface area contributed by atoms with Gasteiger partial charge in [0.1, 0.15) is 11.5 Å². The number of hydrogen-bond donors (Lipinski definition) is 1. The summed E-state index contributed by atoms with van der Waals surface area (Å²) in [5, 5.41) is 10.5. The average molecular weight is 404 g/mol. The molecule has 1 heterocycles. The molecule has 1 N–H and O–H groups in total. The Labute approximate surface area is 161 Å². The number of imide groups is 1. The quantitative estimate of drug-likeness (QED) is 0.728. The van der Waals surface area contributed by atoms with Crippen molar-refractivity contribution in [3.8, 4) is 17.6 Å². The number of carbonyl (C=O) groups excluding carboxylic acids is 2. The van der Waals surface area contributed by atoms with Crippen molar-refractivity contribution in [3.63, 3.8) is 0 Å². The van der Waals surface area contributed by atoms with Crippen LogP contribution in [0.15, 0.2) is 41.3 Å². The van der Waals surface area contributed by atoms with Gasteiger partial charge in [-0.2, -0.15) is 18.4 Å². The fourth-order valence-corrected chi connectivity index (χ4v) is 3.16. The van der Waals surface area contributed by atoms with Gasteiger partial charge < -0.3 is 4.74 Å². The number of aryl methyl sites for hydroxylation is 1. The van der Waals surface area contributed by atoms with E-state index in [9.17, 15) is 22.8 Å². The van der Waals surface area contributed by atoms with Crippen LogP contribution in [0.5, 0.6) is 11.5 Å². The van der Waals surface area contributed by atoms with E-state index in [4.69, 9.17) is 10.00 Å². The molecule has 1 saturated heterocycles. The van der Waals surface area contributed by atoms with Crippen molar-refractivity contribution in [1.29, 1.82) is 5.26 Å². The van der Waals surface area contributed by atoms with E-state index >= 15 is 0 Å². The van der Waals surface area contributed by atoms with Crippen molar-refractivity contribution < 1.29 is 27.5 Å². The third-order valence-electron chi connectivity index (χ3n) is 3.77. The minimum absolute atomic E-state index is 0.125. The predicted molar refractivity (Wildman–Crippen MR) is 96.5 cm³/mol. The molecular formula is C19H11F3N2O3S. The number of nitriles is 1. The summed E-state index contributed by atoms with van der Waals surface area (Å²) < 4.78 is 45.2. The zero-order chi connectivity index (χ0) is 20.5. The second kappa shape index (κ2) is 7.40. The fourth-order valence-electron chi connectivity index (χ4n) is 2.48. The summed E-state index contributed by atoms with van der Waals surface area (Å²) in [7, 11) is 0. The van der Waals surface area contributed by atoms with E-state index in [1.54, 1.807) is 25.1 Å². The molecule has 142 valence electrons. The van der Waals surface area contributed by atoms with Crippen molar-refractivity contribution in [2.45, 2.75) is 13.1 Å². The molecule has 0 unspecified atom stereocenters. The second-order valence-corrected chi connectivity index (χ2v) is 6.81. The molecule has 0 spiro atoms. The highest BCUT2D eigenvalue weighted by molar-refractivity contribution is 8.18. The first-order valence-electron chi connectivity index (χ1n) is 7.82. The minimum atomic E-state index is -4.68. The summed E-state index contributed by atoms with van der Waals surface area (Å²) in [4.78, 5) is 23.0. The molecule has 0 radical (unpaired) electrons. The fraction of sp³-hybridized carbons (Fsp3) is 0.105. The molecule has 9 heteroatoms. The molecule has 2 amide bonds. The second-order valence-electron chi connectivity index (χ2n) is 5.80. The van der Waals surface area contributed by atoms with Crippen LogP contribution < -0.4 is 10.1 Å². The Bertz CT molecular complexity index is 1060. The van der Waals surface area contributed by atoms with Crippen molar-refractivity contribution in [2.24, 2.45) is 0 Å². The number of rotatable bonds is 3. The molecule has 1 aliphatic rings. The van der Waals surface area contributed by atoms with E-state index in [0.29, 0.717) is 11.1 Å². The van der Waals surface area contributed by atoms with Gasteiger partial charge in [0.25, 0.3) is 11.1 Å². The van der Waals surface area contributed by atoms with E-state index < -0.39 is 28.6 Å². The van der Waals surface area contributed by atoms with Crippen LogP contribution in [-0.4, -0.2) is 11.1 Å². The van der Waals surface area contributed by atoms with Crippen molar-refractivity contribution in [2.75, 3.05) is 0 Å². The number of alkyl halides is 3. The summed E-state index contributed by atoms with van der Waals surface area (Å²) >= 11 is 0.768. The van der Waals surface area contributed by atoms with Crippen LogP contribution in [0.3, 0.4) is 0 Å². The summed E-state index contributed by atoms with van der Waals surface area (Å²) in [6.07, 6.45) is -3.18. The topological polar surface area (TPSA) is 79.2 Å². The maximum atomic E-state index is 13.3. The number of amides is 2. The highest BCUT2D eigenvalue weighted by Crippen LogP contribution is 2.39. The number of benzene rings is 2. The van der Waals surface area contributed by atoms with Crippen LogP contribution in [-0.2, 0) is 11.0 Å².